The summed E-state index contributed by atoms with van der Waals surface area (Å²) >= 11 is 0. The first kappa shape index (κ1) is 11.4. The van der Waals surface area contributed by atoms with E-state index in [1.807, 2.05) is 24.1 Å². The van der Waals surface area contributed by atoms with E-state index in [1.165, 1.54) is 0 Å². The van der Waals surface area contributed by atoms with Crippen LogP contribution in [0.15, 0.2) is 33.5 Å². The molecule has 0 atom stereocenters. The lowest BCUT2D eigenvalue weighted by molar-refractivity contribution is 0.555. The van der Waals surface area contributed by atoms with Crippen LogP contribution in [0, 0.1) is 0 Å². The van der Waals surface area contributed by atoms with E-state index in [0.29, 0.717) is 23.5 Å². The van der Waals surface area contributed by atoms with E-state index in [2.05, 4.69) is 15.2 Å². The van der Waals surface area contributed by atoms with Gasteiger partial charge in [0.1, 0.15) is 5.82 Å². The lowest BCUT2D eigenvalue weighted by Gasteiger charge is -2.17. The lowest BCUT2D eigenvalue weighted by Crippen LogP contribution is -2.16. The molecule has 0 bridgehead atoms. The third-order valence-corrected chi connectivity index (χ3v) is 2.90. The smallest absolute Gasteiger partial charge is 0.408 e. The van der Waals surface area contributed by atoms with Gasteiger partial charge in [0.15, 0.2) is 5.58 Å². The van der Waals surface area contributed by atoms with Crippen molar-refractivity contribution in [3.05, 3.63) is 40.5 Å². The molecule has 3 aromatic rings. The minimum atomic E-state index is -0.448. The van der Waals surface area contributed by atoms with Crippen molar-refractivity contribution in [3.63, 3.8) is 0 Å². The number of anilines is 2. The van der Waals surface area contributed by atoms with Crippen molar-refractivity contribution in [3.8, 4) is 0 Å². The van der Waals surface area contributed by atoms with Gasteiger partial charge in [-0.1, -0.05) is 0 Å². The normalized spacial score (nSPS) is 11.0. The third kappa shape index (κ3) is 2.17. The fourth-order valence-corrected chi connectivity index (χ4v) is 1.98. The summed E-state index contributed by atoms with van der Waals surface area (Å²) in [4.78, 5) is 15.7. The first-order valence-corrected chi connectivity index (χ1v) is 5.75. The van der Waals surface area contributed by atoms with Crippen LogP contribution in [0.2, 0.25) is 0 Å². The van der Waals surface area contributed by atoms with Gasteiger partial charge in [0.05, 0.1) is 17.8 Å². The van der Waals surface area contributed by atoms with Crippen molar-refractivity contribution >= 4 is 22.6 Å². The van der Waals surface area contributed by atoms with Gasteiger partial charge >= 0.3 is 5.76 Å². The molecule has 2 aromatic heterocycles. The highest BCUT2D eigenvalue weighted by molar-refractivity contribution is 5.77. The van der Waals surface area contributed by atoms with Gasteiger partial charge in [-0.3, -0.25) is 10.1 Å². The molecule has 0 fully saturated rings. The average Bonchev–Trinajstić information content (AvgIpc) is 2.93. The minimum absolute atomic E-state index is 0.448. The SMILES string of the molecule is CN(Cc1cc(N)n[nH]1)c1ccc2oc(=O)[nH]c2c1. The number of benzene rings is 1. The molecule has 7 nitrogen and oxygen atoms in total. The first-order valence-electron chi connectivity index (χ1n) is 5.75. The number of aromatic amines is 2. The van der Waals surface area contributed by atoms with Crippen LogP contribution in [0.4, 0.5) is 11.5 Å². The Hall–Kier alpha value is -2.70. The molecule has 0 spiro atoms. The zero-order valence-corrected chi connectivity index (χ0v) is 10.3. The quantitative estimate of drug-likeness (QED) is 0.652. The predicted octanol–water partition coefficient (Wildman–Crippen LogP) is 1.06. The first-order chi connectivity index (χ1) is 9.11. The summed E-state index contributed by atoms with van der Waals surface area (Å²) in [7, 11) is 1.94. The Labute approximate surface area is 108 Å². The second kappa shape index (κ2) is 4.20. The van der Waals surface area contributed by atoms with E-state index in [-0.39, 0.29) is 0 Å². The highest BCUT2D eigenvalue weighted by Crippen LogP contribution is 2.20. The van der Waals surface area contributed by atoms with Crippen molar-refractivity contribution in [1.82, 2.24) is 15.2 Å². The monoisotopic (exact) mass is 259 g/mol. The van der Waals surface area contributed by atoms with Crippen LogP contribution in [0.25, 0.3) is 11.1 Å². The zero-order valence-electron chi connectivity index (χ0n) is 10.3. The van der Waals surface area contributed by atoms with E-state index < -0.39 is 5.76 Å². The largest absolute Gasteiger partial charge is 0.417 e. The summed E-state index contributed by atoms with van der Waals surface area (Å²) in [5.74, 6) is 0.0224. The Bertz CT molecular complexity index is 770. The van der Waals surface area contributed by atoms with E-state index in [1.54, 1.807) is 12.1 Å². The molecule has 0 aliphatic rings. The van der Waals surface area contributed by atoms with E-state index >= 15 is 0 Å². The molecule has 0 unspecified atom stereocenters. The molecule has 0 aliphatic heterocycles. The molecule has 7 heteroatoms. The molecule has 3 rings (SSSR count). The van der Waals surface area contributed by atoms with Gasteiger partial charge in [-0.2, -0.15) is 5.10 Å². The number of hydrogen-bond acceptors (Lipinski definition) is 5. The number of oxazole rings is 1. The van der Waals surface area contributed by atoms with Gasteiger partial charge in [-0.25, -0.2) is 4.79 Å². The number of rotatable bonds is 3. The van der Waals surface area contributed by atoms with Gasteiger partial charge in [-0.05, 0) is 18.2 Å². The number of hydrogen-bond donors (Lipinski definition) is 3. The van der Waals surface area contributed by atoms with Crippen molar-refractivity contribution in [2.45, 2.75) is 6.54 Å². The number of aromatic nitrogens is 3. The van der Waals surface area contributed by atoms with Crippen LogP contribution >= 0.6 is 0 Å². The molecular weight excluding hydrogens is 246 g/mol. The summed E-state index contributed by atoms with van der Waals surface area (Å²) in [6.45, 7) is 0.637. The molecule has 0 amide bonds. The Balaban J connectivity index is 1.88. The van der Waals surface area contributed by atoms with Crippen LogP contribution in [-0.2, 0) is 6.54 Å². The minimum Gasteiger partial charge on any atom is -0.408 e. The lowest BCUT2D eigenvalue weighted by atomic mass is 10.2. The molecule has 19 heavy (non-hydrogen) atoms. The van der Waals surface area contributed by atoms with Crippen LogP contribution in [0.5, 0.6) is 0 Å². The molecule has 0 radical (unpaired) electrons. The fraction of sp³-hybridized carbons (Fsp3) is 0.167. The molecule has 0 aliphatic carbocycles. The summed E-state index contributed by atoms with van der Waals surface area (Å²) in [5, 5.41) is 6.73. The number of nitrogens with one attached hydrogen (secondary N) is 2. The van der Waals surface area contributed by atoms with Crippen molar-refractivity contribution in [1.29, 1.82) is 0 Å². The summed E-state index contributed by atoms with van der Waals surface area (Å²) in [6.07, 6.45) is 0. The second-order valence-corrected chi connectivity index (χ2v) is 4.37. The summed E-state index contributed by atoms with van der Waals surface area (Å²) in [6, 6.07) is 7.30. The topological polar surface area (TPSA) is 104 Å². The fourth-order valence-electron chi connectivity index (χ4n) is 1.98. The van der Waals surface area contributed by atoms with E-state index in [4.69, 9.17) is 10.2 Å². The maximum Gasteiger partial charge on any atom is 0.417 e. The zero-order chi connectivity index (χ0) is 13.4. The number of nitrogen functional groups attached to an aromatic ring is 1. The Morgan fingerprint density at radius 1 is 1.42 bits per heavy atom. The molecular formula is C12H13N5O2. The van der Waals surface area contributed by atoms with Crippen LogP contribution in [0.3, 0.4) is 0 Å². The molecule has 2 heterocycles. The molecule has 0 saturated heterocycles. The highest BCUT2D eigenvalue weighted by Gasteiger charge is 2.07. The van der Waals surface area contributed by atoms with Crippen LogP contribution < -0.4 is 16.4 Å². The Morgan fingerprint density at radius 2 is 2.26 bits per heavy atom. The van der Waals surface area contributed by atoms with Crippen molar-refractivity contribution < 1.29 is 4.42 Å². The molecule has 1 aromatic carbocycles. The Morgan fingerprint density at radius 3 is 3.00 bits per heavy atom. The Kier molecular flexibility index (Phi) is 2.52. The molecule has 98 valence electrons. The number of fused-ring (bicyclic) bond motifs is 1. The van der Waals surface area contributed by atoms with Gasteiger partial charge in [-0.15, -0.1) is 0 Å². The van der Waals surface area contributed by atoms with Gasteiger partial charge in [0.2, 0.25) is 0 Å². The summed E-state index contributed by atoms with van der Waals surface area (Å²) in [5.41, 5.74) is 8.66. The van der Waals surface area contributed by atoms with Crippen molar-refractivity contribution in [2.24, 2.45) is 0 Å². The van der Waals surface area contributed by atoms with Crippen molar-refractivity contribution in [2.75, 3.05) is 17.7 Å². The van der Waals surface area contributed by atoms with E-state index in [9.17, 15) is 4.79 Å². The van der Waals surface area contributed by atoms with Gasteiger partial charge in [0.25, 0.3) is 0 Å². The van der Waals surface area contributed by atoms with E-state index in [0.717, 1.165) is 11.4 Å². The van der Waals surface area contributed by atoms with Crippen LogP contribution in [-0.4, -0.2) is 22.2 Å². The highest BCUT2D eigenvalue weighted by atomic mass is 16.4. The number of nitrogens with two attached hydrogens (primary N) is 1. The maximum atomic E-state index is 11.1. The summed E-state index contributed by atoms with van der Waals surface area (Å²) < 4.78 is 4.96. The molecule has 0 saturated carbocycles. The van der Waals surface area contributed by atoms with Gasteiger partial charge in [0, 0.05) is 18.8 Å². The van der Waals surface area contributed by atoms with Crippen LogP contribution in [0.1, 0.15) is 5.69 Å². The maximum absolute atomic E-state index is 11.1. The number of H-pyrrole nitrogens is 2. The average molecular weight is 259 g/mol. The standard InChI is InChI=1S/C12H13N5O2/c1-17(6-7-4-11(13)16-15-7)8-2-3-10-9(5-8)14-12(18)19-10/h2-5H,6H2,1H3,(H,14,18)(H3,13,15,16). The predicted molar refractivity (Wildman–Crippen MR) is 71.9 cm³/mol. The molecule has 4 N–H and O–H groups in total. The second-order valence-electron chi connectivity index (χ2n) is 4.37. The number of nitrogens with zero attached hydrogens (tertiary/aromatic N) is 2. The van der Waals surface area contributed by atoms with Gasteiger partial charge < -0.3 is 15.1 Å². The third-order valence-electron chi connectivity index (χ3n) is 2.90.